The van der Waals surface area contributed by atoms with Crippen molar-refractivity contribution >= 4 is 16.8 Å². The maximum Gasteiger partial charge on any atom is 0.270 e. The van der Waals surface area contributed by atoms with Crippen LogP contribution in [0.1, 0.15) is 28.9 Å². The van der Waals surface area contributed by atoms with Gasteiger partial charge in [-0.15, -0.1) is 0 Å². The largest absolute Gasteiger partial charge is 0.337 e. The van der Waals surface area contributed by atoms with Gasteiger partial charge in [0.1, 0.15) is 11.5 Å². The van der Waals surface area contributed by atoms with Crippen LogP contribution in [0.15, 0.2) is 54.6 Å². The van der Waals surface area contributed by atoms with Crippen molar-refractivity contribution in [1.82, 2.24) is 9.47 Å². The highest BCUT2D eigenvalue weighted by Gasteiger charge is 2.25. The number of amides is 1. The number of nitrogens with two attached hydrogens (primary N) is 1. The molecule has 140 valence electrons. The van der Waals surface area contributed by atoms with E-state index in [9.17, 15) is 9.18 Å². The van der Waals surface area contributed by atoms with Crippen LogP contribution >= 0.6 is 0 Å². The smallest absolute Gasteiger partial charge is 0.270 e. The summed E-state index contributed by atoms with van der Waals surface area (Å²) in [5.74, 6) is 0.318. The van der Waals surface area contributed by atoms with E-state index in [2.05, 4.69) is 0 Å². The number of halogens is 1. The lowest BCUT2D eigenvalue weighted by Crippen LogP contribution is -2.40. The number of likely N-dealkylation sites (tertiary alicyclic amines) is 1. The predicted molar refractivity (Wildman–Crippen MR) is 105 cm³/mol. The molecule has 4 nitrogen and oxygen atoms in total. The Labute approximate surface area is 158 Å². The van der Waals surface area contributed by atoms with Crippen molar-refractivity contribution in [2.24, 2.45) is 11.7 Å². The molecule has 2 N–H and O–H groups in total. The van der Waals surface area contributed by atoms with Gasteiger partial charge < -0.3 is 15.2 Å². The normalized spacial score (nSPS) is 15.4. The third-order valence-corrected chi connectivity index (χ3v) is 5.52. The van der Waals surface area contributed by atoms with Crippen molar-refractivity contribution in [1.29, 1.82) is 0 Å². The lowest BCUT2D eigenvalue weighted by Gasteiger charge is -2.31. The fourth-order valence-corrected chi connectivity index (χ4v) is 3.86. The van der Waals surface area contributed by atoms with E-state index in [-0.39, 0.29) is 11.7 Å². The quantitative estimate of drug-likeness (QED) is 0.767. The van der Waals surface area contributed by atoms with Crippen LogP contribution in [0.2, 0.25) is 0 Å². The highest BCUT2D eigenvalue weighted by molar-refractivity contribution is 5.98. The zero-order valence-electron chi connectivity index (χ0n) is 15.3. The van der Waals surface area contributed by atoms with E-state index in [1.54, 1.807) is 12.1 Å². The van der Waals surface area contributed by atoms with Crippen LogP contribution in [0.4, 0.5) is 4.39 Å². The van der Waals surface area contributed by atoms with Gasteiger partial charge >= 0.3 is 0 Å². The Morgan fingerprint density at radius 2 is 1.78 bits per heavy atom. The number of nitrogens with zero attached hydrogens (tertiary/aromatic N) is 2. The van der Waals surface area contributed by atoms with Gasteiger partial charge in [-0.1, -0.05) is 30.3 Å². The molecule has 0 saturated carbocycles. The Kier molecular flexibility index (Phi) is 4.94. The second kappa shape index (κ2) is 7.53. The van der Waals surface area contributed by atoms with Crippen LogP contribution in [0.3, 0.4) is 0 Å². The highest BCUT2D eigenvalue weighted by atomic mass is 19.1. The number of piperidine rings is 1. The molecule has 0 spiro atoms. The molecule has 0 unspecified atom stereocenters. The zero-order chi connectivity index (χ0) is 18.8. The van der Waals surface area contributed by atoms with Gasteiger partial charge in [-0.2, -0.15) is 0 Å². The fraction of sp³-hybridized carbons (Fsp3) is 0.318. The third kappa shape index (κ3) is 3.60. The first-order chi connectivity index (χ1) is 13.2. The summed E-state index contributed by atoms with van der Waals surface area (Å²) in [6.45, 7) is 2.72. The van der Waals surface area contributed by atoms with Crippen LogP contribution in [0.25, 0.3) is 10.9 Å². The Balaban J connectivity index is 1.67. The van der Waals surface area contributed by atoms with Crippen LogP contribution in [-0.2, 0) is 6.54 Å². The first-order valence-electron chi connectivity index (χ1n) is 9.48. The topological polar surface area (TPSA) is 51.3 Å². The van der Waals surface area contributed by atoms with Gasteiger partial charge in [0.15, 0.2) is 0 Å². The second-order valence-electron chi connectivity index (χ2n) is 7.27. The Bertz CT molecular complexity index is 940. The van der Waals surface area contributed by atoms with Gasteiger partial charge in [-0.3, -0.25) is 4.79 Å². The summed E-state index contributed by atoms with van der Waals surface area (Å²) in [5, 5.41) is 1.04. The minimum atomic E-state index is -0.254. The van der Waals surface area contributed by atoms with Crippen molar-refractivity contribution < 1.29 is 9.18 Å². The zero-order valence-corrected chi connectivity index (χ0v) is 15.3. The second-order valence-corrected chi connectivity index (χ2v) is 7.27. The van der Waals surface area contributed by atoms with E-state index in [0.29, 0.717) is 24.7 Å². The monoisotopic (exact) mass is 365 g/mol. The SMILES string of the molecule is NCC1CCN(C(=O)c2cc3ccccc3n2Cc2ccc(F)cc2)CC1. The Hall–Kier alpha value is -2.66. The van der Waals surface area contributed by atoms with Crippen molar-refractivity contribution in [3.05, 3.63) is 71.7 Å². The molecule has 27 heavy (non-hydrogen) atoms. The maximum atomic E-state index is 13.3. The van der Waals surface area contributed by atoms with Gasteiger partial charge in [-0.05, 0) is 55.1 Å². The van der Waals surface area contributed by atoms with Gasteiger partial charge in [0.2, 0.25) is 0 Å². The van der Waals surface area contributed by atoms with E-state index in [0.717, 1.165) is 42.4 Å². The molecular weight excluding hydrogens is 341 g/mol. The van der Waals surface area contributed by atoms with Crippen LogP contribution in [-0.4, -0.2) is 35.0 Å². The third-order valence-electron chi connectivity index (χ3n) is 5.52. The van der Waals surface area contributed by atoms with Crippen molar-refractivity contribution in [2.45, 2.75) is 19.4 Å². The molecule has 4 rings (SSSR count). The number of hydrogen-bond donors (Lipinski definition) is 1. The molecule has 0 aliphatic carbocycles. The van der Waals surface area contributed by atoms with E-state index in [1.165, 1.54) is 12.1 Å². The highest BCUT2D eigenvalue weighted by Crippen LogP contribution is 2.25. The molecule has 2 heterocycles. The summed E-state index contributed by atoms with van der Waals surface area (Å²) in [5.41, 5.74) is 8.44. The molecule has 1 saturated heterocycles. The number of fused-ring (bicyclic) bond motifs is 1. The van der Waals surface area contributed by atoms with Crippen molar-refractivity contribution in [3.63, 3.8) is 0 Å². The van der Waals surface area contributed by atoms with Gasteiger partial charge in [0.05, 0.1) is 0 Å². The van der Waals surface area contributed by atoms with E-state index in [4.69, 9.17) is 5.73 Å². The van der Waals surface area contributed by atoms with Gasteiger partial charge in [-0.25, -0.2) is 4.39 Å². The van der Waals surface area contributed by atoms with E-state index < -0.39 is 0 Å². The average molecular weight is 365 g/mol. The molecule has 0 radical (unpaired) electrons. The van der Waals surface area contributed by atoms with Crippen molar-refractivity contribution in [2.75, 3.05) is 19.6 Å². The Morgan fingerprint density at radius 3 is 2.48 bits per heavy atom. The van der Waals surface area contributed by atoms with Crippen LogP contribution in [0.5, 0.6) is 0 Å². The van der Waals surface area contributed by atoms with Gasteiger partial charge in [0, 0.05) is 30.5 Å². The number of carbonyl (C=O) groups excluding carboxylic acids is 1. The first-order valence-corrected chi connectivity index (χ1v) is 9.48. The number of rotatable bonds is 4. The number of carbonyl (C=O) groups is 1. The molecule has 0 atom stereocenters. The summed E-state index contributed by atoms with van der Waals surface area (Å²) in [4.78, 5) is 15.2. The number of para-hydroxylation sites is 1. The summed E-state index contributed by atoms with van der Waals surface area (Å²) in [7, 11) is 0. The number of aromatic nitrogens is 1. The molecule has 2 aromatic carbocycles. The lowest BCUT2D eigenvalue weighted by molar-refractivity contribution is 0.0683. The fourth-order valence-electron chi connectivity index (χ4n) is 3.86. The predicted octanol–water partition coefficient (Wildman–Crippen LogP) is 3.64. The molecular formula is C22H24FN3O. The molecule has 5 heteroatoms. The maximum absolute atomic E-state index is 13.3. The molecule has 1 aliphatic rings. The van der Waals surface area contributed by atoms with Crippen LogP contribution in [0, 0.1) is 11.7 Å². The molecule has 0 bridgehead atoms. The summed E-state index contributed by atoms with van der Waals surface area (Å²) >= 11 is 0. The lowest BCUT2D eigenvalue weighted by atomic mass is 9.97. The molecule has 1 aromatic heterocycles. The minimum Gasteiger partial charge on any atom is -0.337 e. The standard InChI is InChI=1S/C22H24FN3O/c23-19-7-5-17(6-8-19)15-26-20-4-2-1-3-18(20)13-21(26)22(27)25-11-9-16(14-24)10-12-25/h1-8,13,16H,9-12,14-15,24H2. The van der Waals surface area contributed by atoms with Gasteiger partial charge in [0.25, 0.3) is 5.91 Å². The summed E-state index contributed by atoms with van der Waals surface area (Å²) in [6.07, 6.45) is 1.92. The molecule has 1 amide bonds. The first kappa shape index (κ1) is 17.7. The average Bonchev–Trinajstić information content (AvgIpc) is 3.08. The van der Waals surface area contributed by atoms with E-state index >= 15 is 0 Å². The summed E-state index contributed by atoms with van der Waals surface area (Å²) < 4.78 is 15.3. The minimum absolute atomic E-state index is 0.0591. The van der Waals surface area contributed by atoms with E-state index in [1.807, 2.05) is 39.8 Å². The van der Waals surface area contributed by atoms with Crippen LogP contribution < -0.4 is 5.73 Å². The Morgan fingerprint density at radius 1 is 1.07 bits per heavy atom. The van der Waals surface area contributed by atoms with Crippen molar-refractivity contribution in [3.8, 4) is 0 Å². The number of benzene rings is 2. The number of hydrogen-bond acceptors (Lipinski definition) is 2. The molecule has 3 aromatic rings. The molecule has 1 aliphatic heterocycles. The molecule has 1 fully saturated rings. The summed E-state index contributed by atoms with van der Waals surface area (Å²) in [6, 6.07) is 16.4.